The highest BCUT2D eigenvalue weighted by molar-refractivity contribution is 6.01. The normalized spacial score (nSPS) is 11.0. The molecule has 1 N–H and O–H groups in total. The van der Waals surface area contributed by atoms with Crippen molar-refractivity contribution in [3.05, 3.63) is 79.6 Å². The van der Waals surface area contributed by atoms with E-state index in [0.29, 0.717) is 11.3 Å². The van der Waals surface area contributed by atoms with Crippen LogP contribution in [0.4, 0.5) is 15.8 Å². The van der Waals surface area contributed by atoms with Gasteiger partial charge >= 0.3 is 0 Å². The van der Waals surface area contributed by atoms with Crippen LogP contribution >= 0.6 is 0 Å². The first-order chi connectivity index (χ1) is 11.8. The number of nitro groups is 2. The Morgan fingerprint density at radius 1 is 1.00 bits per heavy atom. The monoisotopic (exact) mass is 346 g/mol. The summed E-state index contributed by atoms with van der Waals surface area (Å²) >= 11 is 0. The van der Waals surface area contributed by atoms with Gasteiger partial charge in [-0.3, -0.25) is 25.0 Å². The van der Waals surface area contributed by atoms with E-state index in [1.807, 2.05) is 0 Å². The molecule has 0 saturated heterocycles. The summed E-state index contributed by atoms with van der Waals surface area (Å²) in [4.78, 5) is 32.0. The van der Waals surface area contributed by atoms with Crippen LogP contribution in [-0.4, -0.2) is 21.5 Å². The molecule has 0 aromatic heterocycles. The van der Waals surface area contributed by atoms with Crippen molar-refractivity contribution in [1.29, 1.82) is 0 Å². The Morgan fingerprint density at radius 3 is 2.00 bits per heavy atom. The molecule has 0 aliphatic rings. The van der Waals surface area contributed by atoms with Gasteiger partial charge in [0.05, 0.1) is 27.2 Å². The summed E-state index contributed by atoms with van der Waals surface area (Å²) in [5, 5.41) is 25.4. The number of carbonyl (C=O) groups excluding carboxylic acids is 1. The standard InChI is InChI=1S/C15H11FN4O5/c1-9(10-2-4-12(16)5-3-10)17-18-15(21)11-6-13(19(22)23)8-14(7-11)20(24)25/h2-8H,1H3,(H,18,21)/b17-9+. The quantitative estimate of drug-likeness (QED) is 0.506. The second kappa shape index (κ2) is 7.25. The third kappa shape index (κ3) is 4.41. The molecule has 0 spiro atoms. The first-order valence-corrected chi connectivity index (χ1v) is 6.82. The summed E-state index contributed by atoms with van der Waals surface area (Å²) in [5.41, 5.74) is 1.61. The Morgan fingerprint density at radius 2 is 1.52 bits per heavy atom. The van der Waals surface area contributed by atoms with Crippen molar-refractivity contribution in [2.24, 2.45) is 5.10 Å². The van der Waals surface area contributed by atoms with Crippen LogP contribution in [0.3, 0.4) is 0 Å². The molecule has 0 aliphatic heterocycles. The zero-order valence-corrected chi connectivity index (χ0v) is 12.8. The van der Waals surface area contributed by atoms with Crippen LogP contribution in [0.5, 0.6) is 0 Å². The zero-order chi connectivity index (χ0) is 18.6. The van der Waals surface area contributed by atoms with Gasteiger partial charge in [-0.15, -0.1) is 0 Å². The topological polar surface area (TPSA) is 128 Å². The van der Waals surface area contributed by atoms with Gasteiger partial charge in [0.2, 0.25) is 0 Å². The average Bonchev–Trinajstić information content (AvgIpc) is 2.59. The Hall–Kier alpha value is -3.69. The number of amides is 1. The predicted molar refractivity (Wildman–Crippen MR) is 85.8 cm³/mol. The molecule has 128 valence electrons. The largest absolute Gasteiger partial charge is 0.277 e. The minimum absolute atomic E-state index is 0.281. The lowest BCUT2D eigenvalue weighted by molar-refractivity contribution is -0.394. The van der Waals surface area contributed by atoms with Crippen molar-refractivity contribution in [3.63, 3.8) is 0 Å². The molecule has 0 saturated carbocycles. The Labute approximate surface area is 140 Å². The number of hydrogen-bond donors (Lipinski definition) is 1. The summed E-state index contributed by atoms with van der Waals surface area (Å²) in [7, 11) is 0. The molecule has 9 nitrogen and oxygen atoms in total. The minimum Gasteiger partial charge on any atom is -0.267 e. The molecule has 0 bridgehead atoms. The SMILES string of the molecule is C/C(=N\NC(=O)c1cc([N+](=O)[O-])cc([N+](=O)[O-])c1)c1ccc(F)cc1. The van der Waals surface area contributed by atoms with E-state index in [4.69, 9.17) is 0 Å². The Kier molecular flexibility index (Phi) is 5.12. The van der Waals surface area contributed by atoms with Gasteiger partial charge in [0, 0.05) is 12.1 Å². The van der Waals surface area contributed by atoms with Crippen LogP contribution in [0.15, 0.2) is 47.6 Å². The van der Waals surface area contributed by atoms with Crippen molar-refractivity contribution in [2.45, 2.75) is 6.92 Å². The molecule has 2 rings (SSSR count). The van der Waals surface area contributed by atoms with Gasteiger partial charge in [0.1, 0.15) is 5.82 Å². The van der Waals surface area contributed by atoms with E-state index in [2.05, 4.69) is 10.5 Å². The minimum atomic E-state index is -0.853. The Balaban J connectivity index is 2.25. The molecule has 0 radical (unpaired) electrons. The second-order valence-electron chi connectivity index (χ2n) is 4.90. The van der Waals surface area contributed by atoms with E-state index in [1.54, 1.807) is 6.92 Å². The smallest absolute Gasteiger partial charge is 0.267 e. The third-order valence-corrected chi connectivity index (χ3v) is 3.17. The maximum atomic E-state index is 12.9. The van der Waals surface area contributed by atoms with Crippen LogP contribution in [-0.2, 0) is 0 Å². The van der Waals surface area contributed by atoms with E-state index in [9.17, 15) is 29.4 Å². The highest BCUT2D eigenvalue weighted by Gasteiger charge is 2.19. The summed E-state index contributed by atoms with van der Waals surface area (Å²) in [5.74, 6) is -1.28. The molecule has 0 heterocycles. The van der Waals surface area contributed by atoms with Crippen molar-refractivity contribution in [3.8, 4) is 0 Å². The van der Waals surface area contributed by atoms with Gasteiger partial charge in [-0.05, 0) is 24.6 Å². The molecular formula is C15H11FN4O5. The summed E-state index contributed by atoms with van der Waals surface area (Å²) in [6.45, 7) is 1.56. The number of hydrazone groups is 1. The third-order valence-electron chi connectivity index (χ3n) is 3.17. The van der Waals surface area contributed by atoms with Crippen molar-refractivity contribution >= 4 is 23.0 Å². The van der Waals surface area contributed by atoms with Gasteiger partial charge in [-0.25, -0.2) is 9.82 Å². The fraction of sp³-hybridized carbons (Fsp3) is 0.0667. The zero-order valence-electron chi connectivity index (χ0n) is 12.8. The second-order valence-corrected chi connectivity index (χ2v) is 4.90. The number of non-ortho nitro benzene ring substituents is 2. The van der Waals surface area contributed by atoms with E-state index in [-0.39, 0.29) is 5.56 Å². The van der Waals surface area contributed by atoms with Crippen LogP contribution in [0.25, 0.3) is 0 Å². The number of nitrogens with zero attached hydrogens (tertiary/aromatic N) is 3. The molecule has 2 aromatic carbocycles. The average molecular weight is 346 g/mol. The van der Waals surface area contributed by atoms with E-state index in [1.165, 1.54) is 24.3 Å². The van der Waals surface area contributed by atoms with Gasteiger partial charge in [-0.2, -0.15) is 5.10 Å². The lowest BCUT2D eigenvalue weighted by Gasteiger charge is -2.03. The van der Waals surface area contributed by atoms with Gasteiger partial charge in [0.15, 0.2) is 0 Å². The highest BCUT2D eigenvalue weighted by Crippen LogP contribution is 2.22. The van der Waals surface area contributed by atoms with Crippen molar-refractivity contribution < 1.29 is 19.0 Å². The van der Waals surface area contributed by atoms with E-state index < -0.39 is 32.9 Å². The van der Waals surface area contributed by atoms with Gasteiger partial charge < -0.3 is 0 Å². The first-order valence-electron chi connectivity index (χ1n) is 6.82. The van der Waals surface area contributed by atoms with Crippen LogP contribution in [0.2, 0.25) is 0 Å². The van der Waals surface area contributed by atoms with Gasteiger partial charge in [0.25, 0.3) is 17.3 Å². The molecule has 25 heavy (non-hydrogen) atoms. The van der Waals surface area contributed by atoms with E-state index >= 15 is 0 Å². The number of nitrogens with one attached hydrogen (secondary N) is 1. The summed E-state index contributed by atoms with van der Waals surface area (Å²) in [6.07, 6.45) is 0. The molecule has 0 atom stereocenters. The summed E-state index contributed by atoms with van der Waals surface area (Å²) < 4.78 is 12.9. The van der Waals surface area contributed by atoms with Crippen LogP contribution in [0.1, 0.15) is 22.8 Å². The molecule has 0 fully saturated rings. The Bertz CT molecular complexity index is 848. The molecule has 0 aliphatic carbocycles. The number of halogens is 1. The maximum absolute atomic E-state index is 12.9. The van der Waals surface area contributed by atoms with Crippen LogP contribution in [0, 0.1) is 26.0 Å². The fourth-order valence-electron chi connectivity index (χ4n) is 1.89. The highest BCUT2D eigenvalue weighted by atomic mass is 19.1. The number of carbonyl (C=O) groups is 1. The lowest BCUT2D eigenvalue weighted by atomic mass is 10.1. The number of rotatable bonds is 5. The predicted octanol–water partition coefficient (Wildman–Crippen LogP) is 2.80. The maximum Gasteiger partial charge on any atom is 0.277 e. The molecule has 0 unspecified atom stereocenters. The number of benzene rings is 2. The lowest BCUT2D eigenvalue weighted by Crippen LogP contribution is -2.19. The molecular weight excluding hydrogens is 335 g/mol. The molecule has 1 amide bonds. The van der Waals surface area contributed by atoms with Crippen molar-refractivity contribution in [2.75, 3.05) is 0 Å². The molecule has 10 heteroatoms. The fourth-order valence-corrected chi connectivity index (χ4v) is 1.89. The van der Waals surface area contributed by atoms with Gasteiger partial charge in [-0.1, -0.05) is 12.1 Å². The molecule has 2 aromatic rings. The van der Waals surface area contributed by atoms with Crippen molar-refractivity contribution in [1.82, 2.24) is 5.43 Å². The number of hydrogen-bond acceptors (Lipinski definition) is 6. The summed E-state index contributed by atoms with van der Waals surface area (Å²) in [6, 6.07) is 7.93. The van der Waals surface area contributed by atoms with E-state index in [0.717, 1.165) is 18.2 Å². The first kappa shape index (κ1) is 17.7. The van der Waals surface area contributed by atoms with Crippen LogP contribution < -0.4 is 5.43 Å². The number of nitro benzene ring substituents is 2.